The molecule has 0 aliphatic heterocycles. The van der Waals surface area contributed by atoms with Crippen molar-refractivity contribution in [2.45, 2.75) is 58.6 Å². The van der Waals surface area contributed by atoms with Crippen LogP contribution in [0.25, 0.3) is 0 Å². The van der Waals surface area contributed by atoms with Crippen LogP contribution in [0.2, 0.25) is 0 Å². The van der Waals surface area contributed by atoms with E-state index in [0.717, 1.165) is 0 Å². The molecule has 7 heteroatoms. The number of nitrogens with one attached hydrogen (secondary N) is 2. The van der Waals surface area contributed by atoms with Crippen LogP contribution >= 0.6 is 0 Å². The van der Waals surface area contributed by atoms with Crippen molar-refractivity contribution >= 4 is 18.0 Å². The van der Waals surface area contributed by atoms with Gasteiger partial charge in [0.2, 0.25) is 5.91 Å². The maximum atomic E-state index is 11.5. The number of alkyl carbamates (subject to hydrolysis) is 1. The molecule has 116 valence electrons. The number of ether oxygens (including phenoxy) is 1. The SMILES string of the molecule is CC(C)(C)OC(=O)NCCCC(=O)NC(C)(C)C(=O)O. The van der Waals surface area contributed by atoms with Gasteiger partial charge < -0.3 is 20.5 Å². The zero-order valence-corrected chi connectivity index (χ0v) is 12.7. The van der Waals surface area contributed by atoms with E-state index in [1.54, 1.807) is 20.8 Å². The molecule has 0 aromatic carbocycles. The predicted molar refractivity (Wildman–Crippen MR) is 73.3 cm³/mol. The normalized spacial score (nSPS) is 11.7. The van der Waals surface area contributed by atoms with Gasteiger partial charge in [-0.05, 0) is 41.0 Å². The highest BCUT2D eigenvalue weighted by Gasteiger charge is 2.28. The van der Waals surface area contributed by atoms with Crippen molar-refractivity contribution in [3.8, 4) is 0 Å². The molecule has 0 fully saturated rings. The van der Waals surface area contributed by atoms with Crippen LogP contribution < -0.4 is 10.6 Å². The largest absolute Gasteiger partial charge is 0.480 e. The summed E-state index contributed by atoms with van der Waals surface area (Å²) in [4.78, 5) is 33.6. The topological polar surface area (TPSA) is 105 Å². The van der Waals surface area contributed by atoms with Gasteiger partial charge in [-0.3, -0.25) is 4.79 Å². The summed E-state index contributed by atoms with van der Waals surface area (Å²) in [7, 11) is 0. The third-order valence-corrected chi connectivity index (χ3v) is 2.24. The zero-order chi connectivity index (χ0) is 16.0. The number of hydrogen-bond acceptors (Lipinski definition) is 4. The van der Waals surface area contributed by atoms with E-state index in [2.05, 4.69) is 10.6 Å². The van der Waals surface area contributed by atoms with Gasteiger partial charge in [-0.15, -0.1) is 0 Å². The Balaban J connectivity index is 3.89. The molecule has 0 radical (unpaired) electrons. The molecular formula is C13H24N2O5. The van der Waals surface area contributed by atoms with E-state index in [1.807, 2.05) is 0 Å². The molecule has 0 rings (SSSR count). The van der Waals surface area contributed by atoms with Gasteiger partial charge >= 0.3 is 12.1 Å². The van der Waals surface area contributed by atoms with Crippen LogP contribution in [0, 0.1) is 0 Å². The van der Waals surface area contributed by atoms with Crippen molar-refractivity contribution in [1.29, 1.82) is 0 Å². The molecule has 0 unspecified atom stereocenters. The van der Waals surface area contributed by atoms with E-state index >= 15 is 0 Å². The Morgan fingerprint density at radius 2 is 1.65 bits per heavy atom. The van der Waals surface area contributed by atoms with Crippen molar-refractivity contribution in [2.75, 3.05) is 6.54 Å². The van der Waals surface area contributed by atoms with Gasteiger partial charge in [-0.1, -0.05) is 0 Å². The second kappa shape index (κ2) is 7.12. The van der Waals surface area contributed by atoms with Crippen molar-refractivity contribution in [3.63, 3.8) is 0 Å². The summed E-state index contributed by atoms with van der Waals surface area (Å²) in [6.07, 6.45) is -0.00317. The first-order valence-corrected chi connectivity index (χ1v) is 6.45. The molecule has 0 heterocycles. The van der Waals surface area contributed by atoms with E-state index in [4.69, 9.17) is 9.84 Å². The molecule has 3 N–H and O–H groups in total. The van der Waals surface area contributed by atoms with Crippen molar-refractivity contribution < 1.29 is 24.2 Å². The maximum absolute atomic E-state index is 11.5. The monoisotopic (exact) mass is 288 g/mol. The third-order valence-electron chi connectivity index (χ3n) is 2.24. The van der Waals surface area contributed by atoms with Gasteiger partial charge in [-0.2, -0.15) is 0 Å². The standard InChI is InChI=1S/C13H24N2O5/c1-12(2,3)20-11(19)14-8-6-7-9(16)15-13(4,5)10(17)18/h6-8H2,1-5H3,(H,14,19)(H,15,16)(H,17,18). The molecule has 2 amide bonds. The second-order valence-corrected chi connectivity index (χ2v) is 6.01. The Hall–Kier alpha value is -1.79. The molecule has 0 aliphatic rings. The zero-order valence-electron chi connectivity index (χ0n) is 12.7. The number of aliphatic carboxylic acids is 1. The fourth-order valence-electron chi connectivity index (χ4n) is 1.22. The van der Waals surface area contributed by atoms with Gasteiger partial charge in [0.25, 0.3) is 0 Å². The molecule has 0 saturated heterocycles. The molecule has 0 aromatic heterocycles. The molecule has 0 atom stereocenters. The Kier molecular flexibility index (Phi) is 6.48. The minimum atomic E-state index is -1.30. The number of hydrogen-bond donors (Lipinski definition) is 3. The smallest absolute Gasteiger partial charge is 0.407 e. The summed E-state index contributed by atoms with van der Waals surface area (Å²) in [6, 6.07) is 0. The lowest BCUT2D eigenvalue weighted by Crippen LogP contribution is -2.49. The molecular weight excluding hydrogens is 264 g/mol. The first kappa shape index (κ1) is 18.2. The first-order chi connectivity index (χ1) is 8.94. The average Bonchev–Trinajstić information content (AvgIpc) is 2.21. The van der Waals surface area contributed by atoms with Gasteiger partial charge in [0, 0.05) is 13.0 Å². The summed E-state index contributed by atoms with van der Waals surface area (Å²) in [6.45, 7) is 8.38. The van der Waals surface area contributed by atoms with E-state index in [-0.39, 0.29) is 18.9 Å². The van der Waals surface area contributed by atoms with E-state index in [0.29, 0.717) is 6.42 Å². The summed E-state index contributed by atoms with van der Waals surface area (Å²) in [5.41, 5.74) is -1.86. The second-order valence-electron chi connectivity index (χ2n) is 6.01. The minimum absolute atomic E-state index is 0.131. The van der Waals surface area contributed by atoms with Crippen molar-refractivity contribution in [2.24, 2.45) is 0 Å². The van der Waals surface area contributed by atoms with Crippen LogP contribution in [0.3, 0.4) is 0 Å². The average molecular weight is 288 g/mol. The van der Waals surface area contributed by atoms with E-state index in [9.17, 15) is 14.4 Å². The lowest BCUT2D eigenvalue weighted by atomic mass is 10.1. The molecule has 0 spiro atoms. The lowest BCUT2D eigenvalue weighted by Gasteiger charge is -2.21. The van der Waals surface area contributed by atoms with Crippen LogP contribution in [0.4, 0.5) is 4.79 Å². The molecule has 7 nitrogen and oxygen atoms in total. The molecule has 20 heavy (non-hydrogen) atoms. The van der Waals surface area contributed by atoms with Gasteiger partial charge in [0.05, 0.1) is 0 Å². The number of amides is 2. The number of rotatable bonds is 6. The van der Waals surface area contributed by atoms with Crippen LogP contribution in [0.1, 0.15) is 47.5 Å². The van der Waals surface area contributed by atoms with Crippen LogP contribution in [0.5, 0.6) is 0 Å². The highest BCUT2D eigenvalue weighted by Crippen LogP contribution is 2.06. The van der Waals surface area contributed by atoms with E-state index < -0.39 is 23.2 Å². The number of carbonyl (C=O) groups is 3. The number of carbonyl (C=O) groups excluding carboxylic acids is 2. The van der Waals surface area contributed by atoms with Crippen molar-refractivity contribution in [3.05, 3.63) is 0 Å². The molecule has 0 bridgehead atoms. The Morgan fingerprint density at radius 3 is 2.10 bits per heavy atom. The summed E-state index contributed by atoms with van der Waals surface area (Å²) >= 11 is 0. The molecule has 0 aromatic rings. The number of carboxylic acid groups (broad SMARTS) is 1. The quantitative estimate of drug-likeness (QED) is 0.638. The fourth-order valence-corrected chi connectivity index (χ4v) is 1.22. The minimum Gasteiger partial charge on any atom is -0.480 e. The van der Waals surface area contributed by atoms with Crippen LogP contribution in [-0.2, 0) is 14.3 Å². The van der Waals surface area contributed by atoms with E-state index in [1.165, 1.54) is 13.8 Å². The number of carboxylic acids is 1. The maximum Gasteiger partial charge on any atom is 0.407 e. The summed E-state index contributed by atoms with van der Waals surface area (Å²) in [5, 5.41) is 13.8. The molecule has 0 saturated carbocycles. The highest BCUT2D eigenvalue weighted by atomic mass is 16.6. The van der Waals surface area contributed by atoms with Gasteiger partial charge in [0.15, 0.2) is 0 Å². The van der Waals surface area contributed by atoms with Crippen LogP contribution in [0.15, 0.2) is 0 Å². The summed E-state index contributed by atoms with van der Waals surface area (Å²) < 4.78 is 5.03. The Bertz CT molecular complexity index is 371. The van der Waals surface area contributed by atoms with Crippen molar-refractivity contribution in [1.82, 2.24) is 10.6 Å². The summed E-state index contributed by atoms with van der Waals surface area (Å²) in [5.74, 6) is -1.47. The van der Waals surface area contributed by atoms with Gasteiger partial charge in [-0.25, -0.2) is 9.59 Å². The first-order valence-electron chi connectivity index (χ1n) is 6.45. The Morgan fingerprint density at radius 1 is 1.10 bits per heavy atom. The lowest BCUT2D eigenvalue weighted by molar-refractivity contribution is -0.146. The fraction of sp³-hybridized carbons (Fsp3) is 0.769. The Labute approximate surface area is 119 Å². The highest BCUT2D eigenvalue weighted by molar-refractivity contribution is 5.86. The third kappa shape index (κ3) is 8.34. The van der Waals surface area contributed by atoms with Gasteiger partial charge in [0.1, 0.15) is 11.1 Å². The molecule has 0 aliphatic carbocycles. The predicted octanol–water partition coefficient (Wildman–Crippen LogP) is 1.27. The van der Waals surface area contributed by atoms with Crippen LogP contribution in [-0.4, -0.2) is 40.8 Å².